The van der Waals surface area contributed by atoms with Crippen molar-refractivity contribution in [2.24, 2.45) is 0 Å². The molecular formula is C34H17N3. The van der Waals surface area contributed by atoms with Crippen LogP contribution in [0.5, 0.6) is 0 Å². The molecule has 0 aliphatic rings. The van der Waals surface area contributed by atoms with Gasteiger partial charge in [0.05, 0.1) is 34.9 Å². The quantitative estimate of drug-likeness (QED) is 0.307. The third kappa shape index (κ3) is 6.33. The molecule has 4 aromatic rings. The number of benzene rings is 4. The summed E-state index contributed by atoms with van der Waals surface area (Å²) in [6.45, 7) is 1.98. The van der Waals surface area contributed by atoms with E-state index in [2.05, 4.69) is 53.7 Å². The van der Waals surface area contributed by atoms with E-state index in [1.807, 2.05) is 55.5 Å². The molecular weight excluding hydrogens is 450 g/mol. The molecule has 3 heteroatoms. The van der Waals surface area contributed by atoms with Crippen LogP contribution in [0.25, 0.3) is 0 Å². The minimum atomic E-state index is 0.585. The Morgan fingerprint density at radius 2 is 0.649 bits per heavy atom. The molecule has 3 nitrogen and oxygen atoms in total. The van der Waals surface area contributed by atoms with Crippen LogP contribution in [0, 0.1) is 76.4 Å². The Morgan fingerprint density at radius 3 is 0.973 bits per heavy atom. The summed E-state index contributed by atoms with van der Waals surface area (Å²) in [5.74, 6) is 19.1. The smallest absolute Gasteiger partial charge is 0.0991 e. The molecule has 0 heterocycles. The molecule has 0 fully saturated rings. The van der Waals surface area contributed by atoms with Crippen LogP contribution in [0.1, 0.15) is 55.6 Å². The van der Waals surface area contributed by atoms with Crippen molar-refractivity contribution in [3.8, 4) is 53.7 Å². The van der Waals surface area contributed by atoms with Crippen LogP contribution in [0.2, 0.25) is 0 Å². The summed E-state index contributed by atoms with van der Waals surface area (Å²) in [5.41, 5.74) is 7.48. The SMILES string of the molecule is Cc1c(C#Cc2ccc(C#N)cc2)cc(C#Cc2ccc(C#N)cc2)cc1C#Cc1ccc(C#N)cc1. The zero-order valence-corrected chi connectivity index (χ0v) is 19.9. The van der Waals surface area contributed by atoms with Crippen molar-refractivity contribution >= 4 is 0 Å². The van der Waals surface area contributed by atoms with Crippen LogP contribution in [0.3, 0.4) is 0 Å². The molecule has 0 N–H and O–H groups in total. The van der Waals surface area contributed by atoms with Gasteiger partial charge in [0.2, 0.25) is 0 Å². The van der Waals surface area contributed by atoms with E-state index in [9.17, 15) is 0 Å². The molecule has 0 radical (unpaired) electrons. The van der Waals surface area contributed by atoms with Gasteiger partial charge in [-0.15, -0.1) is 0 Å². The summed E-state index contributed by atoms with van der Waals surface area (Å²) in [7, 11) is 0. The Morgan fingerprint density at radius 1 is 0.378 bits per heavy atom. The summed E-state index contributed by atoms with van der Waals surface area (Å²) < 4.78 is 0. The number of nitriles is 3. The molecule has 0 saturated carbocycles. The topological polar surface area (TPSA) is 71.4 Å². The Bertz CT molecular complexity index is 1690. The fraction of sp³-hybridized carbons (Fsp3) is 0.0294. The summed E-state index contributed by atoms with van der Waals surface area (Å²) in [6, 6.07) is 31.6. The molecule has 4 aromatic carbocycles. The van der Waals surface area contributed by atoms with Gasteiger partial charge in [-0.3, -0.25) is 0 Å². The van der Waals surface area contributed by atoms with E-state index in [1.165, 1.54) is 0 Å². The third-order valence-corrected chi connectivity index (χ3v) is 5.48. The van der Waals surface area contributed by atoms with Gasteiger partial charge in [-0.1, -0.05) is 35.5 Å². The highest BCUT2D eigenvalue weighted by Gasteiger charge is 2.04. The van der Waals surface area contributed by atoms with Crippen molar-refractivity contribution in [3.05, 3.63) is 141 Å². The van der Waals surface area contributed by atoms with E-state index >= 15 is 0 Å². The molecule has 0 atom stereocenters. The normalized spacial score (nSPS) is 9.03. The van der Waals surface area contributed by atoms with Crippen LogP contribution in [-0.4, -0.2) is 0 Å². The summed E-state index contributed by atoms with van der Waals surface area (Å²) in [4.78, 5) is 0. The van der Waals surface area contributed by atoms with Crippen molar-refractivity contribution in [2.45, 2.75) is 6.92 Å². The van der Waals surface area contributed by atoms with Gasteiger partial charge in [0.15, 0.2) is 0 Å². The first-order valence-corrected chi connectivity index (χ1v) is 11.3. The highest BCUT2D eigenvalue weighted by molar-refractivity contribution is 5.60. The minimum absolute atomic E-state index is 0.585. The van der Waals surface area contributed by atoms with E-state index < -0.39 is 0 Å². The maximum atomic E-state index is 9.01. The van der Waals surface area contributed by atoms with E-state index in [0.717, 1.165) is 38.9 Å². The van der Waals surface area contributed by atoms with Crippen LogP contribution >= 0.6 is 0 Å². The average Bonchev–Trinajstić information content (AvgIpc) is 2.96. The first kappa shape index (κ1) is 24.2. The zero-order valence-electron chi connectivity index (χ0n) is 19.9. The second kappa shape index (κ2) is 11.4. The maximum absolute atomic E-state index is 9.01. The summed E-state index contributed by atoms with van der Waals surface area (Å²) >= 11 is 0. The van der Waals surface area contributed by atoms with Crippen molar-refractivity contribution in [1.82, 2.24) is 0 Å². The number of hydrogen-bond donors (Lipinski definition) is 0. The van der Waals surface area contributed by atoms with Crippen molar-refractivity contribution in [2.75, 3.05) is 0 Å². The number of hydrogen-bond acceptors (Lipinski definition) is 3. The largest absolute Gasteiger partial charge is 0.192 e. The van der Waals surface area contributed by atoms with Gasteiger partial charge in [-0.25, -0.2) is 0 Å². The lowest BCUT2D eigenvalue weighted by molar-refractivity contribution is 1.39. The minimum Gasteiger partial charge on any atom is -0.192 e. The predicted octanol–water partition coefficient (Wildman–Crippen LogP) is 5.81. The first-order valence-electron chi connectivity index (χ1n) is 11.3. The zero-order chi connectivity index (χ0) is 26.0. The molecule has 0 amide bonds. The van der Waals surface area contributed by atoms with E-state index in [-0.39, 0.29) is 0 Å². The van der Waals surface area contributed by atoms with Gasteiger partial charge in [0.25, 0.3) is 0 Å². The standard InChI is InChI=1S/C34H17N3/c1-25-33(18-16-27-4-11-30(23-36)12-5-27)20-32(15-8-26-2-9-29(22-35)10-3-26)21-34(25)19-17-28-6-13-31(24-37)14-7-28/h2-7,9-14,20-21H,1H3. The van der Waals surface area contributed by atoms with Gasteiger partial charge < -0.3 is 0 Å². The molecule has 168 valence electrons. The maximum Gasteiger partial charge on any atom is 0.0991 e. The van der Waals surface area contributed by atoms with Gasteiger partial charge in [-0.2, -0.15) is 15.8 Å². The Hall–Kier alpha value is -5.97. The van der Waals surface area contributed by atoms with Gasteiger partial charge >= 0.3 is 0 Å². The van der Waals surface area contributed by atoms with Crippen LogP contribution in [0.4, 0.5) is 0 Å². The Balaban J connectivity index is 1.75. The molecule has 0 aromatic heterocycles. The Kier molecular flexibility index (Phi) is 7.47. The molecule has 0 saturated heterocycles. The van der Waals surface area contributed by atoms with Gasteiger partial charge in [-0.05, 0) is 97.4 Å². The van der Waals surface area contributed by atoms with Crippen molar-refractivity contribution in [1.29, 1.82) is 15.8 Å². The highest BCUT2D eigenvalue weighted by atomic mass is 14.2. The molecule has 37 heavy (non-hydrogen) atoms. The highest BCUT2D eigenvalue weighted by Crippen LogP contribution is 2.17. The second-order valence-corrected chi connectivity index (χ2v) is 8.01. The number of rotatable bonds is 0. The second-order valence-electron chi connectivity index (χ2n) is 8.01. The first-order chi connectivity index (χ1) is 18.1. The average molecular weight is 468 g/mol. The summed E-state index contributed by atoms with van der Waals surface area (Å²) in [5, 5.41) is 27.0. The molecule has 0 unspecified atom stereocenters. The van der Waals surface area contributed by atoms with Crippen molar-refractivity contribution < 1.29 is 0 Å². The van der Waals surface area contributed by atoms with E-state index in [4.69, 9.17) is 15.8 Å². The lowest BCUT2D eigenvalue weighted by Crippen LogP contribution is -1.92. The summed E-state index contributed by atoms with van der Waals surface area (Å²) in [6.07, 6.45) is 0. The lowest BCUT2D eigenvalue weighted by Gasteiger charge is -2.04. The van der Waals surface area contributed by atoms with Crippen LogP contribution in [0.15, 0.2) is 84.9 Å². The molecule has 0 spiro atoms. The van der Waals surface area contributed by atoms with Gasteiger partial charge in [0, 0.05) is 33.4 Å². The van der Waals surface area contributed by atoms with E-state index in [1.54, 1.807) is 36.4 Å². The van der Waals surface area contributed by atoms with Crippen LogP contribution < -0.4 is 0 Å². The fourth-order valence-electron chi connectivity index (χ4n) is 3.35. The molecule has 4 rings (SSSR count). The molecule has 0 aliphatic heterocycles. The Labute approximate surface area is 216 Å². The third-order valence-electron chi connectivity index (χ3n) is 5.48. The number of nitrogens with zero attached hydrogens (tertiary/aromatic N) is 3. The lowest BCUT2D eigenvalue weighted by atomic mass is 9.98. The molecule has 0 aliphatic carbocycles. The van der Waals surface area contributed by atoms with Gasteiger partial charge in [0.1, 0.15) is 0 Å². The fourth-order valence-corrected chi connectivity index (χ4v) is 3.35. The monoisotopic (exact) mass is 467 g/mol. The van der Waals surface area contributed by atoms with E-state index in [0.29, 0.717) is 16.7 Å². The van der Waals surface area contributed by atoms with Crippen molar-refractivity contribution in [3.63, 3.8) is 0 Å². The van der Waals surface area contributed by atoms with Crippen LogP contribution in [-0.2, 0) is 0 Å². The predicted molar refractivity (Wildman–Crippen MR) is 143 cm³/mol. The molecule has 0 bridgehead atoms.